The van der Waals surface area contributed by atoms with Crippen LogP contribution in [0.4, 0.5) is 5.69 Å². The molecule has 2 aromatic heterocycles. The number of nitrogens with zero attached hydrogens (tertiary/aromatic N) is 3. The summed E-state index contributed by atoms with van der Waals surface area (Å²) in [4.78, 5) is 19.7. The quantitative estimate of drug-likeness (QED) is 0.278. The van der Waals surface area contributed by atoms with E-state index in [1.54, 1.807) is 6.20 Å². The molecule has 1 aliphatic rings. The Morgan fingerprint density at radius 1 is 1.05 bits per heavy atom. The van der Waals surface area contributed by atoms with Crippen LogP contribution in [0.5, 0.6) is 5.75 Å². The normalized spacial score (nSPS) is 16.8. The second-order valence-corrected chi connectivity index (χ2v) is 9.55. The van der Waals surface area contributed by atoms with Gasteiger partial charge >= 0.3 is 0 Å². The molecule has 4 aromatic rings. The van der Waals surface area contributed by atoms with Crippen molar-refractivity contribution in [2.75, 3.05) is 18.5 Å². The summed E-state index contributed by atoms with van der Waals surface area (Å²) in [5, 5.41) is 7.12. The van der Waals surface area contributed by atoms with E-state index < -0.39 is 0 Å². The van der Waals surface area contributed by atoms with E-state index in [0.717, 1.165) is 34.1 Å². The minimum Gasteiger partial charge on any atom is -0.494 e. The van der Waals surface area contributed by atoms with Gasteiger partial charge in [-0.15, -0.1) is 0 Å². The van der Waals surface area contributed by atoms with Gasteiger partial charge in [-0.3, -0.25) is 9.78 Å². The lowest BCUT2D eigenvalue weighted by Crippen LogP contribution is -2.33. The minimum atomic E-state index is -0.167. The standard InChI is InChI=1S/C30H31N5O2S/c1-3-37-23-15-13-22(14-16-23)34-19-8-12-26(34)29-28(25-11-6-7-18-31-25)33-30(38)35(29)20-17-27(36)32-24-10-5-4-9-21(24)2/h4-16,18-19,28-29H,3,17,20H2,1-2H3,(H,32,36)(H,33,38)/t28-,29-/m0/s1. The highest BCUT2D eigenvalue weighted by Crippen LogP contribution is 2.39. The van der Waals surface area contributed by atoms with Gasteiger partial charge in [-0.25, -0.2) is 0 Å². The van der Waals surface area contributed by atoms with Crippen LogP contribution in [0.2, 0.25) is 0 Å². The van der Waals surface area contributed by atoms with Gasteiger partial charge in [0.05, 0.1) is 24.4 Å². The number of amides is 1. The molecule has 0 bridgehead atoms. The summed E-state index contributed by atoms with van der Waals surface area (Å²) in [6.45, 7) is 5.04. The van der Waals surface area contributed by atoms with Crippen LogP contribution in [0.25, 0.3) is 5.69 Å². The highest BCUT2D eigenvalue weighted by atomic mass is 32.1. The number of thiocarbonyl (C=S) groups is 1. The number of aromatic nitrogens is 2. The predicted octanol–water partition coefficient (Wildman–Crippen LogP) is 5.58. The van der Waals surface area contributed by atoms with Crippen molar-refractivity contribution in [3.8, 4) is 11.4 Å². The fraction of sp³-hybridized carbons (Fsp3) is 0.233. The number of benzene rings is 2. The average Bonchev–Trinajstić information content (AvgIpc) is 3.54. The molecule has 0 radical (unpaired) electrons. The number of carbonyl (C=O) groups excluding carboxylic acids is 1. The number of para-hydroxylation sites is 1. The van der Waals surface area contributed by atoms with Gasteiger partial charge < -0.3 is 24.8 Å². The molecule has 0 saturated carbocycles. The van der Waals surface area contributed by atoms with Crippen molar-refractivity contribution >= 4 is 28.9 Å². The Morgan fingerprint density at radius 3 is 2.58 bits per heavy atom. The van der Waals surface area contributed by atoms with Gasteiger partial charge in [0.2, 0.25) is 5.91 Å². The maximum absolute atomic E-state index is 12.9. The van der Waals surface area contributed by atoms with Crippen LogP contribution in [0, 0.1) is 6.92 Å². The first kappa shape index (κ1) is 25.5. The number of hydrogen-bond acceptors (Lipinski definition) is 4. The minimum absolute atomic E-state index is 0.0518. The fourth-order valence-corrected chi connectivity index (χ4v) is 5.19. The zero-order valence-electron chi connectivity index (χ0n) is 21.5. The molecule has 194 valence electrons. The Hall–Kier alpha value is -4.17. The summed E-state index contributed by atoms with van der Waals surface area (Å²) in [5.41, 5.74) is 4.82. The van der Waals surface area contributed by atoms with E-state index in [1.807, 2.05) is 92.8 Å². The summed E-state index contributed by atoms with van der Waals surface area (Å²) in [7, 11) is 0. The Balaban J connectivity index is 1.43. The third kappa shape index (κ3) is 5.40. The summed E-state index contributed by atoms with van der Waals surface area (Å²) in [6, 6.07) is 25.5. The van der Waals surface area contributed by atoms with Crippen LogP contribution in [0.15, 0.2) is 91.3 Å². The molecule has 1 amide bonds. The van der Waals surface area contributed by atoms with Crippen molar-refractivity contribution in [1.82, 2.24) is 19.8 Å². The Kier molecular flexibility index (Phi) is 7.70. The van der Waals surface area contributed by atoms with E-state index in [4.69, 9.17) is 17.0 Å². The molecule has 2 aromatic carbocycles. The number of ether oxygens (including phenoxy) is 1. The Labute approximate surface area is 228 Å². The summed E-state index contributed by atoms with van der Waals surface area (Å²) >= 11 is 5.81. The molecular formula is C30H31N5O2S. The number of aryl methyl sites for hydroxylation is 1. The molecule has 1 aliphatic heterocycles. The second kappa shape index (κ2) is 11.5. The van der Waals surface area contributed by atoms with Gasteiger partial charge in [0.15, 0.2) is 5.11 Å². The van der Waals surface area contributed by atoms with Gasteiger partial charge in [-0.05, 0) is 86.2 Å². The van der Waals surface area contributed by atoms with E-state index in [-0.39, 0.29) is 18.0 Å². The molecule has 0 unspecified atom stereocenters. The maximum Gasteiger partial charge on any atom is 0.226 e. The predicted molar refractivity (Wildman–Crippen MR) is 154 cm³/mol. The average molecular weight is 526 g/mol. The van der Waals surface area contributed by atoms with E-state index in [0.29, 0.717) is 24.7 Å². The third-order valence-electron chi connectivity index (χ3n) is 6.71. The molecule has 0 spiro atoms. The van der Waals surface area contributed by atoms with Gasteiger partial charge in [-0.1, -0.05) is 24.3 Å². The fourth-order valence-electron chi connectivity index (χ4n) is 4.86. The Bertz CT molecular complexity index is 1400. The van der Waals surface area contributed by atoms with E-state index >= 15 is 0 Å². The highest BCUT2D eigenvalue weighted by Gasteiger charge is 2.41. The van der Waals surface area contributed by atoms with Crippen LogP contribution >= 0.6 is 12.2 Å². The van der Waals surface area contributed by atoms with Crippen molar-refractivity contribution in [2.24, 2.45) is 0 Å². The van der Waals surface area contributed by atoms with E-state index in [9.17, 15) is 4.79 Å². The molecule has 2 N–H and O–H groups in total. The smallest absolute Gasteiger partial charge is 0.226 e. The summed E-state index contributed by atoms with van der Waals surface area (Å²) in [6.07, 6.45) is 4.14. The van der Waals surface area contributed by atoms with Crippen molar-refractivity contribution in [3.63, 3.8) is 0 Å². The van der Waals surface area contributed by atoms with Crippen LogP contribution < -0.4 is 15.4 Å². The first-order chi connectivity index (χ1) is 18.5. The van der Waals surface area contributed by atoms with Crippen LogP contribution in [0.1, 0.15) is 42.4 Å². The lowest BCUT2D eigenvalue weighted by molar-refractivity contribution is -0.116. The highest BCUT2D eigenvalue weighted by molar-refractivity contribution is 7.80. The largest absolute Gasteiger partial charge is 0.494 e. The van der Waals surface area contributed by atoms with E-state index in [2.05, 4.69) is 31.2 Å². The molecule has 7 nitrogen and oxygen atoms in total. The van der Waals surface area contributed by atoms with Gasteiger partial charge in [-0.2, -0.15) is 0 Å². The van der Waals surface area contributed by atoms with Crippen molar-refractivity contribution < 1.29 is 9.53 Å². The zero-order chi connectivity index (χ0) is 26.5. The number of pyridine rings is 1. The monoisotopic (exact) mass is 525 g/mol. The van der Waals surface area contributed by atoms with Gasteiger partial charge in [0, 0.05) is 42.4 Å². The molecule has 5 rings (SSSR count). The molecule has 1 fully saturated rings. The molecule has 1 saturated heterocycles. The van der Waals surface area contributed by atoms with Crippen molar-refractivity contribution in [3.05, 3.63) is 108 Å². The molecule has 2 atom stereocenters. The molecule has 3 heterocycles. The first-order valence-corrected chi connectivity index (χ1v) is 13.2. The maximum atomic E-state index is 12.9. The van der Waals surface area contributed by atoms with Crippen LogP contribution in [-0.4, -0.2) is 38.6 Å². The van der Waals surface area contributed by atoms with Crippen molar-refractivity contribution in [1.29, 1.82) is 0 Å². The summed E-state index contributed by atoms with van der Waals surface area (Å²) in [5.74, 6) is 0.783. The topological polar surface area (TPSA) is 71.4 Å². The Morgan fingerprint density at radius 2 is 1.84 bits per heavy atom. The molecule has 8 heteroatoms. The number of carbonyl (C=O) groups is 1. The van der Waals surface area contributed by atoms with Crippen LogP contribution in [0.3, 0.4) is 0 Å². The summed E-state index contributed by atoms with van der Waals surface area (Å²) < 4.78 is 7.79. The van der Waals surface area contributed by atoms with Crippen molar-refractivity contribution in [2.45, 2.75) is 32.4 Å². The number of nitrogens with one attached hydrogen (secondary N) is 2. The lowest BCUT2D eigenvalue weighted by atomic mass is 10.0. The van der Waals surface area contributed by atoms with E-state index in [1.165, 1.54) is 0 Å². The molecule has 38 heavy (non-hydrogen) atoms. The molecule has 0 aliphatic carbocycles. The molecular weight excluding hydrogens is 494 g/mol. The third-order valence-corrected chi connectivity index (χ3v) is 7.06. The SMILES string of the molecule is CCOc1ccc(-n2cccc2[C@H]2[C@H](c3ccccn3)NC(=S)N2CCC(=O)Nc2ccccc2C)cc1. The van der Waals surface area contributed by atoms with Crippen LogP contribution in [-0.2, 0) is 4.79 Å². The number of anilines is 1. The number of hydrogen-bond donors (Lipinski definition) is 2. The van der Waals surface area contributed by atoms with Gasteiger partial charge in [0.1, 0.15) is 5.75 Å². The second-order valence-electron chi connectivity index (χ2n) is 9.16. The zero-order valence-corrected chi connectivity index (χ0v) is 22.3. The van der Waals surface area contributed by atoms with Gasteiger partial charge in [0.25, 0.3) is 0 Å². The first-order valence-electron chi connectivity index (χ1n) is 12.8. The lowest BCUT2D eigenvalue weighted by Gasteiger charge is -2.29. The number of rotatable bonds is 9.